The molecule has 0 unspecified atom stereocenters. The Morgan fingerprint density at radius 3 is 2.41 bits per heavy atom. The summed E-state index contributed by atoms with van der Waals surface area (Å²) in [5.41, 5.74) is 0. The predicted molar refractivity (Wildman–Crippen MR) is 67.3 cm³/mol. The van der Waals surface area contributed by atoms with Crippen molar-refractivity contribution in [2.24, 2.45) is 11.8 Å². The summed E-state index contributed by atoms with van der Waals surface area (Å²) in [6.45, 7) is 0.369. The summed E-state index contributed by atoms with van der Waals surface area (Å²) in [7, 11) is 0. The number of hydrogen-bond donors (Lipinski definition) is 1. The highest BCUT2D eigenvalue weighted by Crippen LogP contribution is 2.26. The van der Waals surface area contributed by atoms with E-state index in [0.29, 0.717) is 12.5 Å². The van der Waals surface area contributed by atoms with Crippen LogP contribution in [0.2, 0.25) is 0 Å². The molecule has 0 aromatic heterocycles. The van der Waals surface area contributed by atoms with Crippen LogP contribution in [0.3, 0.4) is 0 Å². The Hall–Kier alpha value is -0.410. The fourth-order valence-corrected chi connectivity index (χ4v) is 2.05. The molecule has 0 spiro atoms. The minimum absolute atomic E-state index is 0.0700. The van der Waals surface area contributed by atoms with Crippen LogP contribution in [0.25, 0.3) is 0 Å². The summed E-state index contributed by atoms with van der Waals surface area (Å²) < 4.78 is 10.0. The van der Waals surface area contributed by atoms with Gasteiger partial charge in [0, 0.05) is 0 Å². The lowest BCUT2D eigenvalue weighted by molar-refractivity contribution is -0.152. The molecular formula is C10H16INO5. The zero-order valence-electron chi connectivity index (χ0n) is 9.39. The number of hydrogen-bond acceptors (Lipinski definition) is 6. The second-order valence-corrected chi connectivity index (χ2v) is 4.87. The van der Waals surface area contributed by atoms with Gasteiger partial charge in [-0.15, -0.1) is 0 Å². The molecule has 1 rings (SSSR count). The standard InChI is InChI=1S/C10H16INO5/c11-10(14)16-5-7-1-3-8(4-2-7)15-6-9(13)17-12/h7-8H,1-6,12H2. The van der Waals surface area contributed by atoms with Crippen molar-refractivity contribution in [1.82, 2.24) is 0 Å². The first-order valence-corrected chi connectivity index (χ1v) is 6.53. The maximum Gasteiger partial charge on any atom is 0.367 e. The smallest absolute Gasteiger partial charge is 0.367 e. The average molecular weight is 357 g/mol. The van der Waals surface area contributed by atoms with Gasteiger partial charge in [-0.05, 0) is 31.6 Å². The fourth-order valence-electron chi connectivity index (χ4n) is 1.87. The Morgan fingerprint density at radius 1 is 1.24 bits per heavy atom. The van der Waals surface area contributed by atoms with E-state index in [0.717, 1.165) is 25.7 Å². The Labute approximate surface area is 113 Å². The lowest BCUT2D eigenvalue weighted by Crippen LogP contribution is -2.27. The molecule has 6 nitrogen and oxygen atoms in total. The number of rotatable bonds is 5. The van der Waals surface area contributed by atoms with Crippen LogP contribution in [0.4, 0.5) is 4.79 Å². The van der Waals surface area contributed by atoms with E-state index in [-0.39, 0.29) is 16.7 Å². The van der Waals surface area contributed by atoms with Gasteiger partial charge >= 0.3 is 9.95 Å². The maximum atomic E-state index is 10.8. The van der Waals surface area contributed by atoms with E-state index in [1.54, 1.807) is 22.6 Å². The molecule has 2 N–H and O–H groups in total. The third-order valence-electron chi connectivity index (χ3n) is 2.79. The normalized spacial score (nSPS) is 24.1. The molecule has 0 aliphatic heterocycles. The zero-order valence-corrected chi connectivity index (χ0v) is 11.6. The lowest BCUT2D eigenvalue weighted by Gasteiger charge is -2.27. The largest absolute Gasteiger partial charge is 0.458 e. The van der Waals surface area contributed by atoms with Gasteiger partial charge < -0.3 is 14.3 Å². The molecule has 1 aliphatic carbocycles. The van der Waals surface area contributed by atoms with Crippen molar-refractivity contribution in [1.29, 1.82) is 0 Å². The summed E-state index contributed by atoms with van der Waals surface area (Å²) >= 11 is 1.62. The first-order valence-electron chi connectivity index (χ1n) is 5.45. The number of carbonyl (C=O) groups is 2. The van der Waals surface area contributed by atoms with E-state index in [9.17, 15) is 9.59 Å². The first-order chi connectivity index (χ1) is 8.11. The van der Waals surface area contributed by atoms with Crippen molar-refractivity contribution in [3.8, 4) is 0 Å². The van der Waals surface area contributed by atoms with E-state index < -0.39 is 5.97 Å². The number of nitrogens with two attached hydrogens (primary N) is 1. The topological polar surface area (TPSA) is 87.8 Å². The van der Waals surface area contributed by atoms with Crippen LogP contribution in [-0.4, -0.2) is 29.3 Å². The van der Waals surface area contributed by atoms with Gasteiger partial charge in [0.05, 0.1) is 35.3 Å². The van der Waals surface area contributed by atoms with Crippen LogP contribution in [0, 0.1) is 5.92 Å². The molecule has 0 aromatic carbocycles. The van der Waals surface area contributed by atoms with Gasteiger partial charge in [-0.25, -0.2) is 9.59 Å². The Kier molecular flexibility index (Phi) is 6.75. The second kappa shape index (κ2) is 7.83. The van der Waals surface area contributed by atoms with Crippen LogP contribution in [-0.2, 0) is 19.1 Å². The zero-order chi connectivity index (χ0) is 12.7. The van der Waals surface area contributed by atoms with E-state index in [2.05, 4.69) is 4.84 Å². The van der Waals surface area contributed by atoms with E-state index in [4.69, 9.17) is 15.4 Å². The van der Waals surface area contributed by atoms with E-state index in [1.165, 1.54) is 0 Å². The Balaban J connectivity index is 2.13. The van der Waals surface area contributed by atoms with Crippen molar-refractivity contribution in [3.63, 3.8) is 0 Å². The molecule has 1 aliphatic rings. The first kappa shape index (κ1) is 14.7. The maximum absolute atomic E-state index is 10.8. The van der Waals surface area contributed by atoms with Crippen molar-refractivity contribution in [3.05, 3.63) is 0 Å². The minimum Gasteiger partial charge on any atom is -0.458 e. The Bertz CT molecular complexity index is 265. The molecule has 17 heavy (non-hydrogen) atoms. The highest BCUT2D eigenvalue weighted by Gasteiger charge is 2.23. The van der Waals surface area contributed by atoms with Gasteiger partial charge in [-0.2, -0.15) is 5.90 Å². The summed E-state index contributed by atoms with van der Waals surface area (Å²) in [6.07, 6.45) is 3.67. The van der Waals surface area contributed by atoms with Gasteiger partial charge in [0.2, 0.25) is 0 Å². The average Bonchev–Trinajstić information content (AvgIpc) is 2.34. The van der Waals surface area contributed by atoms with Crippen LogP contribution in [0.1, 0.15) is 25.7 Å². The van der Waals surface area contributed by atoms with Crippen LogP contribution in [0.5, 0.6) is 0 Å². The van der Waals surface area contributed by atoms with E-state index >= 15 is 0 Å². The summed E-state index contributed by atoms with van der Waals surface area (Å²) in [6, 6.07) is 0. The van der Waals surface area contributed by atoms with Crippen LogP contribution >= 0.6 is 22.6 Å². The van der Waals surface area contributed by atoms with Gasteiger partial charge in [-0.3, -0.25) is 0 Å². The monoisotopic (exact) mass is 357 g/mol. The second-order valence-electron chi connectivity index (χ2n) is 3.99. The number of ether oxygens (including phenoxy) is 2. The number of halogens is 1. The molecule has 0 aromatic rings. The molecule has 7 heteroatoms. The molecule has 0 bridgehead atoms. The molecule has 1 saturated carbocycles. The Morgan fingerprint density at radius 2 is 1.88 bits per heavy atom. The summed E-state index contributed by atoms with van der Waals surface area (Å²) in [5.74, 6) is 4.53. The van der Waals surface area contributed by atoms with Crippen molar-refractivity contribution in [2.75, 3.05) is 13.2 Å². The molecule has 0 heterocycles. The fraction of sp³-hybridized carbons (Fsp3) is 0.800. The van der Waals surface area contributed by atoms with Gasteiger partial charge in [0.25, 0.3) is 0 Å². The van der Waals surface area contributed by atoms with Gasteiger partial charge in [-0.1, -0.05) is 0 Å². The molecule has 98 valence electrons. The van der Waals surface area contributed by atoms with E-state index in [1.807, 2.05) is 0 Å². The molecule has 0 atom stereocenters. The quantitative estimate of drug-likeness (QED) is 0.456. The molecule has 0 radical (unpaired) electrons. The number of carbonyl (C=O) groups excluding carboxylic acids is 2. The highest BCUT2D eigenvalue weighted by molar-refractivity contribution is 14.1. The highest BCUT2D eigenvalue weighted by atomic mass is 127. The van der Waals surface area contributed by atoms with Crippen molar-refractivity contribution in [2.45, 2.75) is 31.8 Å². The van der Waals surface area contributed by atoms with Crippen molar-refractivity contribution < 1.29 is 23.9 Å². The van der Waals surface area contributed by atoms with Crippen LogP contribution in [0.15, 0.2) is 0 Å². The third-order valence-corrected chi connectivity index (χ3v) is 3.11. The summed E-state index contributed by atoms with van der Waals surface area (Å²) in [5, 5.41) is 0. The van der Waals surface area contributed by atoms with Crippen LogP contribution < -0.4 is 5.90 Å². The molecule has 1 fully saturated rings. The molecule has 0 amide bonds. The SMILES string of the molecule is NOC(=O)COC1CCC(COC(=O)I)CC1. The van der Waals surface area contributed by atoms with Gasteiger partial charge in [0.15, 0.2) is 0 Å². The minimum atomic E-state index is -0.564. The summed E-state index contributed by atoms with van der Waals surface area (Å²) in [4.78, 5) is 25.4. The molecule has 0 saturated heterocycles. The van der Waals surface area contributed by atoms with Crippen molar-refractivity contribution >= 4 is 32.5 Å². The predicted octanol–water partition coefficient (Wildman–Crippen LogP) is 1.55. The third kappa shape index (κ3) is 6.18. The molecular weight excluding hydrogens is 341 g/mol. The van der Waals surface area contributed by atoms with Gasteiger partial charge in [0.1, 0.15) is 6.61 Å². The lowest BCUT2D eigenvalue weighted by atomic mass is 9.88.